The topological polar surface area (TPSA) is 98.9 Å². The summed E-state index contributed by atoms with van der Waals surface area (Å²) in [6.45, 7) is 2.45. The summed E-state index contributed by atoms with van der Waals surface area (Å²) in [6.07, 6.45) is 4.66. The van der Waals surface area contributed by atoms with E-state index in [4.69, 9.17) is 5.26 Å². The zero-order valence-corrected chi connectivity index (χ0v) is 11.5. The van der Waals surface area contributed by atoms with Crippen LogP contribution in [0.1, 0.15) is 38.3 Å². The molecule has 0 atom stereocenters. The van der Waals surface area contributed by atoms with Crippen LogP contribution < -0.4 is 5.32 Å². The third-order valence-electron chi connectivity index (χ3n) is 4.04. The van der Waals surface area contributed by atoms with Crippen LogP contribution >= 0.6 is 0 Å². The molecule has 6 nitrogen and oxygen atoms in total. The van der Waals surface area contributed by atoms with Crippen LogP contribution in [0.25, 0.3) is 0 Å². The largest absolute Gasteiger partial charge is 0.481 e. The Bertz CT molecular complexity index is 530. The molecule has 1 saturated carbocycles. The second-order valence-electron chi connectivity index (χ2n) is 5.50. The number of carboxylic acids is 1. The molecule has 1 aromatic rings. The predicted molar refractivity (Wildman–Crippen MR) is 72.9 cm³/mol. The summed E-state index contributed by atoms with van der Waals surface area (Å²) in [4.78, 5) is 19.6. The zero-order chi connectivity index (χ0) is 14.6. The van der Waals surface area contributed by atoms with E-state index in [1.54, 1.807) is 0 Å². The van der Waals surface area contributed by atoms with Gasteiger partial charge in [0.2, 0.25) is 5.95 Å². The first-order chi connectivity index (χ1) is 9.55. The summed E-state index contributed by atoms with van der Waals surface area (Å²) in [5.41, 5.74) is -0.484. The Kier molecular flexibility index (Phi) is 4.18. The molecule has 1 fully saturated rings. The second kappa shape index (κ2) is 5.87. The quantitative estimate of drug-likeness (QED) is 0.871. The highest BCUT2D eigenvalue weighted by atomic mass is 16.4. The van der Waals surface area contributed by atoms with Crippen LogP contribution in [0.2, 0.25) is 0 Å². The van der Waals surface area contributed by atoms with Crippen molar-refractivity contribution in [1.29, 1.82) is 5.26 Å². The van der Waals surface area contributed by atoms with Gasteiger partial charge in [0.05, 0.1) is 5.41 Å². The van der Waals surface area contributed by atoms with Gasteiger partial charge >= 0.3 is 5.97 Å². The molecule has 0 amide bonds. The molecule has 2 N–H and O–H groups in total. The van der Waals surface area contributed by atoms with Gasteiger partial charge in [0.15, 0.2) is 0 Å². The summed E-state index contributed by atoms with van der Waals surface area (Å²) < 4.78 is 0. The van der Waals surface area contributed by atoms with Crippen LogP contribution in [0.3, 0.4) is 0 Å². The second-order valence-corrected chi connectivity index (χ2v) is 5.50. The number of nitrogens with one attached hydrogen (secondary N) is 1. The molecule has 2 rings (SSSR count). The average Bonchev–Trinajstić information content (AvgIpc) is 2.47. The fourth-order valence-corrected chi connectivity index (χ4v) is 2.54. The Morgan fingerprint density at radius 2 is 2.30 bits per heavy atom. The molecule has 0 radical (unpaired) electrons. The summed E-state index contributed by atoms with van der Waals surface area (Å²) in [5.74, 6) is 0.122. The van der Waals surface area contributed by atoms with Crippen LogP contribution in [-0.4, -0.2) is 27.6 Å². The highest BCUT2D eigenvalue weighted by Gasteiger charge is 2.41. The first kappa shape index (κ1) is 14.3. The molecule has 0 aliphatic heterocycles. The van der Waals surface area contributed by atoms with Crippen LogP contribution in [0.4, 0.5) is 5.95 Å². The van der Waals surface area contributed by atoms with E-state index >= 15 is 0 Å². The molecule has 1 heterocycles. The van der Waals surface area contributed by atoms with Gasteiger partial charge in [0.25, 0.3) is 0 Å². The number of carbonyl (C=O) groups is 1. The average molecular weight is 274 g/mol. The van der Waals surface area contributed by atoms with Gasteiger partial charge in [-0.2, -0.15) is 5.26 Å². The Hall–Kier alpha value is -2.16. The normalized spacial score (nSPS) is 25.7. The van der Waals surface area contributed by atoms with Crippen LogP contribution in [0.15, 0.2) is 12.3 Å². The summed E-state index contributed by atoms with van der Waals surface area (Å²) in [6, 6.07) is 3.45. The zero-order valence-electron chi connectivity index (χ0n) is 11.5. The fraction of sp³-hybridized carbons (Fsp3) is 0.571. The lowest BCUT2D eigenvalue weighted by Crippen LogP contribution is -2.41. The molecule has 106 valence electrons. The molecule has 0 spiro atoms. The summed E-state index contributed by atoms with van der Waals surface area (Å²) in [5, 5.41) is 21.3. The molecular weight excluding hydrogens is 256 g/mol. The van der Waals surface area contributed by atoms with Crippen molar-refractivity contribution in [1.82, 2.24) is 9.97 Å². The number of aromatic nitrogens is 2. The maximum Gasteiger partial charge on any atom is 0.311 e. The summed E-state index contributed by atoms with van der Waals surface area (Å²) in [7, 11) is 0. The van der Waals surface area contributed by atoms with E-state index in [9.17, 15) is 9.90 Å². The lowest BCUT2D eigenvalue weighted by atomic mass is 9.71. The molecule has 1 aromatic heterocycles. The molecule has 1 aliphatic rings. The van der Waals surface area contributed by atoms with E-state index in [0.29, 0.717) is 31.3 Å². The number of carboxylic acid groups (broad SMARTS) is 1. The number of hydrogen-bond donors (Lipinski definition) is 2. The lowest BCUT2D eigenvalue weighted by molar-refractivity contribution is -0.150. The van der Waals surface area contributed by atoms with Crippen molar-refractivity contribution in [2.45, 2.75) is 32.6 Å². The number of nitriles is 1. The first-order valence-corrected chi connectivity index (χ1v) is 6.76. The Morgan fingerprint density at radius 1 is 1.60 bits per heavy atom. The third kappa shape index (κ3) is 3.05. The molecule has 20 heavy (non-hydrogen) atoms. The van der Waals surface area contributed by atoms with Gasteiger partial charge in [-0.3, -0.25) is 4.79 Å². The number of aliphatic carboxylic acids is 1. The van der Waals surface area contributed by atoms with E-state index in [1.807, 2.05) is 6.07 Å². The van der Waals surface area contributed by atoms with Crippen LogP contribution in [0, 0.1) is 22.7 Å². The van der Waals surface area contributed by atoms with Gasteiger partial charge in [-0.25, -0.2) is 9.97 Å². The molecule has 0 unspecified atom stereocenters. The van der Waals surface area contributed by atoms with E-state index in [0.717, 1.165) is 12.8 Å². The minimum Gasteiger partial charge on any atom is -0.481 e. The Morgan fingerprint density at radius 3 is 2.90 bits per heavy atom. The van der Waals surface area contributed by atoms with Gasteiger partial charge < -0.3 is 10.4 Å². The molecule has 1 aliphatic carbocycles. The van der Waals surface area contributed by atoms with Gasteiger partial charge in [0.1, 0.15) is 11.8 Å². The van der Waals surface area contributed by atoms with Crippen LogP contribution in [0.5, 0.6) is 0 Å². The van der Waals surface area contributed by atoms with E-state index in [1.165, 1.54) is 12.3 Å². The van der Waals surface area contributed by atoms with Crippen LogP contribution in [-0.2, 0) is 4.79 Å². The molecule has 6 heteroatoms. The smallest absolute Gasteiger partial charge is 0.311 e. The number of rotatable bonds is 4. The number of nitrogens with zero attached hydrogens (tertiary/aromatic N) is 3. The van der Waals surface area contributed by atoms with Gasteiger partial charge in [0, 0.05) is 12.7 Å². The maximum atomic E-state index is 11.6. The monoisotopic (exact) mass is 274 g/mol. The maximum absolute atomic E-state index is 11.6. The Balaban J connectivity index is 2.06. The molecule has 0 aromatic carbocycles. The van der Waals surface area contributed by atoms with Gasteiger partial charge in [-0.1, -0.05) is 6.92 Å². The summed E-state index contributed by atoms with van der Waals surface area (Å²) >= 11 is 0. The SMILES string of the molecule is CC1CCC(CNc2nccc(C#N)n2)(C(=O)O)CC1. The third-order valence-corrected chi connectivity index (χ3v) is 4.04. The molecular formula is C14H18N4O2. The minimum absolute atomic E-state index is 0.268. The van der Waals surface area contributed by atoms with E-state index < -0.39 is 11.4 Å². The number of anilines is 1. The fourth-order valence-electron chi connectivity index (χ4n) is 2.54. The van der Waals surface area contributed by atoms with Crippen molar-refractivity contribution < 1.29 is 9.90 Å². The molecule has 0 bridgehead atoms. The van der Waals surface area contributed by atoms with Crippen molar-refractivity contribution in [2.75, 3.05) is 11.9 Å². The number of hydrogen-bond acceptors (Lipinski definition) is 5. The lowest BCUT2D eigenvalue weighted by Gasteiger charge is -2.35. The predicted octanol–water partition coefficient (Wildman–Crippen LogP) is 2.04. The molecule has 0 saturated heterocycles. The van der Waals surface area contributed by atoms with Gasteiger partial charge in [-0.05, 0) is 37.7 Å². The highest BCUT2D eigenvalue weighted by Crippen LogP contribution is 2.39. The standard InChI is InChI=1S/C14H18N4O2/c1-10-2-5-14(6-3-10,12(19)20)9-17-13-16-7-4-11(8-15)18-13/h4,7,10H,2-3,5-6,9H2,1H3,(H,19,20)(H,16,17,18). The van der Waals surface area contributed by atoms with E-state index in [2.05, 4.69) is 22.2 Å². The van der Waals surface area contributed by atoms with Crippen molar-refractivity contribution in [3.63, 3.8) is 0 Å². The minimum atomic E-state index is -0.770. The van der Waals surface area contributed by atoms with Crippen molar-refractivity contribution >= 4 is 11.9 Å². The first-order valence-electron chi connectivity index (χ1n) is 6.76. The van der Waals surface area contributed by atoms with Crippen molar-refractivity contribution in [3.05, 3.63) is 18.0 Å². The van der Waals surface area contributed by atoms with Gasteiger partial charge in [-0.15, -0.1) is 0 Å². The van der Waals surface area contributed by atoms with Crippen molar-refractivity contribution in [2.24, 2.45) is 11.3 Å². The highest BCUT2D eigenvalue weighted by molar-refractivity contribution is 5.75. The van der Waals surface area contributed by atoms with Crippen molar-refractivity contribution in [3.8, 4) is 6.07 Å². The Labute approximate surface area is 117 Å². The van der Waals surface area contributed by atoms with E-state index in [-0.39, 0.29) is 5.69 Å².